The number of carbonyl (C=O) groups is 2. The Balaban J connectivity index is 0. The Morgan fingerprint density at radius 2 is 1.07 bits per heavy atom. The molecule has 0 heterocycles. The summed E-state index contributed by atoms with van der Waals surface area (Å²) >= 11 is 0. The second-order valence-corrected chi connectivity index (χ2v) is 5.53. The summed E-state index contributed by atoms with van der Waals surface area (Å²) in [6.45, 7) is 3.55. The van der Waals surface area contributed by atoms with Crippen LogP contribution in [0.1, 0.15) is 60.5 Å². The van der Waals surface area contributed by atoms with Gasteiger partial charge in [0.1, 0.15) is 11.5 Å². The summed E-state index contributed by atoms with van der Waals surface area (Å²) in [6.07, 6.45) is 0. The van der Waals surface area contributed by atoms with Crippen molar-refractivity contribution >= 4 is 11.9 Å². The number of aliphatic hydroxyl groups is 2. The molecule has 0 saturated heterocycles. The fourth-order valence-electron chi connectivity index (χ4n) is 2.20. The molecule has 8 heteroatoms. The van der Waals surface area contributed by atoms with E-state index in [1.807, 2.05) is 0 Å². The molecule has 0 aliphatic carbocycles. The van der Waals surface area contributed by atoms with Crippen LogP contribution in [0.15, 0.2) is 36.4 Å². The molecule has 0 radical (unpaired) electrons. The van der Waals surface area contributed by atoms with Gasteiger partial charge in [-0.25, -0.2) is 9.59 Å². The maximum Gasteiger partial charge on any atom is 0.338 e. The van der Waals surface area contributed by atoms with E-state index in [2.05, 4.69) is 0 Å². The minimum Gasteiger partial charge on any atom is -0.508 e. The molecule has 0 aromatic heterocycles. The van der Waals surface area contributed by atoms with E-state index >= 15 is 0 Å². The first-order valence-corrected chi connectivity index (χ1v) is 8.56. The van der Waals surface area contributed by atoms with E-state index in [0.717, 1.165) is 0 Å². The van der Waals surface area contributed by atoms with Gasteiger partial charge in [-0.3, -0.25) is 0 Å². The van der Waals surface area contributed by atoms with Crippen LogP contribution in [0.3, 0.4) is 0 Å². The second kappa shape index (κ2) is 14.8. The summed E-state index contributed by atoms with van der Waals surface area (Å²) < 4.78 is 9.55. The van der Waals surface area contributed by atoms with E-state index in [4.69, 9.17) is 24.8 Å². The summed E-state index contributed by atoms with van der Waals surface area (Å²) in [4.78, 5) is 22.9. The number of benzene rings is 2. The van der Waals surface area contributed by atoms with Crippen LogP contribution in [0.5, 0.6) is 11.5 Å². The molecule has 0 fully saturated rings. The lowest BCUT2D eigenvalue weighted by Crippen LogP contribution is -2.09. The van der Waals surface area contributed by atoms with Crippen LogP contribution >= 0.6 is 0 Å². The highest BCUT2D eigenvalue weighted by Gasteiger charge is 2.14. The van der Waals surface area contributed by atoms with Crippen molar-refractivity contribution in [1.29, 1.82) is 0 Å². The molecule has 30 heavy (non-hydrogen) atoms. The molecule has 4 N–H and O–H groups in total. The quantitative estimate of drug-likeness (QED) is 0.519. The van der Waals surface area contributed by atoms with Crippen molar-refractivity contribution in [3.8, 4) is 11.5 Å². The highest BCUT2D eigenvalue weighted by atomic mass is 16.5. The molecule has 168 valence electrons. The maximum atomic E-state index is 11.4. The summed E-state index contributed by atoms with van der Waals surface area (Å²) in [7, 11) is 0. The van der Waals surface area contributed by atoms with Gasteiger partial charge in [0.15, 0.2) is 0 Å². The minimum atomic E-state index is -0.589. The average Bonchev–Trinajstić information content (AvgIpc) is 2.67. The molecule has 0 spiro atoms. The maximum absolute atomic E-state index is 11.4. The summed E-state index contributed by atoms with van der Waals surface area (Å²) in [5.41, 5.74) is 1.45. The highest BCUT2D eigenvalue weighted by molar-refractivity contribution is 5.96. The normalized spacial score (nSPS) is 9.20. The SMILES string of the molecule is C.C.CCOC(=O)c1cc(O)cc(C(=O)OCC)c1.OCc1cc(O)cc(CO)c1. The number of esters is 2. The molecular weight excluding hydrogens is 392 g/mol. The number of aliphatic hydroxyl groups excluding tert-OH is 2. The van der Waals surface area contributed by atoms with Crippen molar-refractivity contribution in [2.45, 2.75) is 41.9 Å². The number of phenolic OH excluding ortho intramolecular Hbond substituents is 2. The Morgan fingerprint density at radius 1 is 0.700 bits per heavy atom. The minimum absolute atomic E-state index is 0. The lowest BCUT2D eigenvalue weighted by atomic mass is 10.1. The van der Waals surface area contributed by atoms with Crippen LogP contribution in [0, 0.1) is 0 Å². The molecule has 0 atom stereocenters. The fraction of sp³-hybridized carbons (Fsp3) is 0.364. The van der Waals surface area contributed by atoms with Crippen LogP contribution in [0.4, 0.5) is 0 Å². The zero-order valence-corrected chi connectivity index (χ0v) is 15.7. The molecule has 0 aliphatic heterocycles. The predicted octanol–water partition coefficient (Wildman–Crippen LogP) is 3.39. The third-order valence-electron chi connectivity index (χ3n) is 3.34. The first-order chi connectivity index (χ1) is 13.3. The molecule has 0 saturated carbocycles. The number of aromatic hydroxyl groups is 2. The van der Waals surface area contributed by atoms with Crippen LogP contribution < -0.4 is 0 Å². The van der Waals surface area contributed by atoms with Gasteiger partial charge in [-0.1, -0.05) is 20.9 Å². The van der Waals surface area contributed by atoms with Crippen molar-refractivity contribution in [2.75, 3.05) is 13.2 Å². The number of rotatable bonds is 6. The summed E-state index contributed by atoms with van der Waals surface area (Å²) in [6, 6.07) is 8.36. The summed E-state index contributed by atoms with van der Waals surface area (Å²) in [5.74, 6) is -1.29. The van der Waals surface area contributed by atoms with Crippen molar-refractivity contribution in [3.05, 3.63) is 58.7 Å². The second-order valence-electron chi connectivity index (χ2n) is 5.53. The lowest BCUT2D eigenvalue weighted by Gasteiger charge is -2.06. The molecular formula is C22H32O8. The first-order valence-electron chi connectivity index (χ1n) is 8.56. The van der Waals surface area contributed by atoms with Gasteiger partial charge in [-0.15, -0.1) is 0 Å². The smallest absolute Gasteiger partial charge is 0.338 e. The van der Waals surface area contributed by atoms with Gasteiger partial charge in [0.25, 0.3) is 0 Å². The van der Waals surface area contributed by atoms with Gasteiger partial charge < -0.3 is 29.9 Å². The molecule has 2 aromatic carbocycles. The topological polar surface area (TPSA) is 134 Å². The largest absolute Gasteiger partial charge is 0.508 e. The van der Waals surface area contributed by atoms with Gasteiger partial charge >= 0.3 is 11.9 Å². The molecule has 0 bridgehead atoms. The molecule has 2 rings (SSSR count). The lowest BCUT2D eigenvalue weighted by molar-refractivity contribution is 0.0524. The third kappa shape index (κ3) is 9.40. The van der Waals surface area contributed by atoms with E-state index in [1.165, 1.54) is 30.3 Å². The first kappa shape index (κ1) is 29.1. The van der Waals surface area contributed by atoms with Crippen molar-refractivity contribution in [2.24, 2.45) is 0 Å². The Hall–Kier alpha value is -3.10. The molecule has 0 aliphatic rings. The Labute approximate surface area is 177 Å². The average molecular weight is 424 g/mol. The van der Waals surface area contributed by atoms with Crippen molar-refractivity contribution in [3.63, 3.8) is 0 Å². The van der Waals surface area contributed by atoms with E-state index in [-0.39, 0.29) is 63.9 Å². The summed E-state index contributed by atoms with van der Waals surface area (Å²) in [5, 5.41) is 35.8. The van der Waals surface area contributed by atoms with Crippen LogP contribution in [0.25, 0.3) is 0 Å². The monoisotopic (exact) mass is 424 g/mol. The number of hydrogen-bond donors (Lipinski definition) is 4. The standard InChI is InChI=1S/C12H14O5.C8H10O3.2CH4/c1-3-16-11(14)8-5-9(7-10(13)6-8)12(15)17-4-2;9-4-6-1-7(5-10)3-8(11)2-6;;/h5-7,13H,3-4H2,1-2H3;1-3,9-11H,4-5H2;2*1H4. The van der Waals surface area contributed by atoms with E-state index in [0.29, 0.717) is 11.1 Å². The Kier molecular flexibility index (Phi) is 14.4. The zero-order valence-electron chi connectivity index (χ0n) is 15.7. The number of hydrogen-bond acceptors (Lipinski definition) is 8. The number of ether oxygens (including phenoxy) is 2. The third-order valence-corrected chi connectivity index (χ3v) is 3.34. The Morgan fingerprint density at radius 3 is 1.40 bits per heavy atom. The van der Waals surface area contributed by atoms with Crippen molar-refractivity contribution in [1.82, 2.24) is 0 Å². The van der Waals surface area contributed by atoms with E-state index in [9.17, 15) is 14.7 Å². The van der Waals surface area contributed by atoms with E-state index in [1.54, 1.807) is 19.9 Å². The molecule has 0 amide bonds. The van der Waals surface area contributed by atoms with Crippen LogP contribution in [-0.2, 0) is 22.7 Å². The number of phenols is 2. The van der Waals surface area contributed by atoms with Gasteiger partial charge in [0, 0.05) is 0 Å². The highest BCUT2D eigenvalue weighted by Crippen LogP contribution is 2.18. The van der Waals surface area contributed by atoms with Gasteiger partial charge in [-0.2, -0.15) is 0 Å². The van der Waals surface area contributed by atoms with E-state index < -0.39 is 11.9 Å². The fourth-order valence-corrected chi connectivity index (χ4v) is 2.20. The predicted molar refractivity (Wildman–Crippen MR) is 113 cm³/mol. The van der Waals surface area contributed by atoms with Crippen molar-refractivity contribution < 1.29 is 39.5 Å². The number of carbonyl (C=O) groups excluding carboxylic acids is 2. The van der Waals surface area contributed by atoms with Gasteiger partial charge in [0.05, 0.1) is 37.6 Å². The van der Waals surface area contributed by atoms with Gasteiger partial charge in [-0.05, 0) is 55.3 Å². The molecule has 2 aromatic rings. The van der Waals surface area contributed by atoms with Crippen LogP contribution in [0.2, 0.25) is 0 Å². The Bertz CT molecular complexity index is 743. The molecule has 8 nitrogen and oxygen atoms in total. The molecule has 0 unspecified atom stereocenters. The van der Waals surface area contributed by atoms with Crippen LogP contribution in [-0.4, -0.2) is 45.6 Å². The van der Waals surface area contributed by atoms with Gasteiger partial charge in [0.2, 0.25) is 0 Å². The zero-order chi connectivity index (χ0) is 21.1.